The molecule has 150 valence electrons. The standard InChI is InChI=1S/C21H19BrFN3O3/c1-13-18(12-24-26(13)17-9-5-15(22)6-10-17)21(28)25-19(11-20(27)29-2)14-3-7-16(23)8-4-14/h3-10,12,19H,11H2,1-2H3,(H,25,28). The molecule has 0 aliphatic carbocycles. The average molecular weight is 460 g/mol. The number of benzene rings is 2. The number of rotatable bonds is 6. The van der Waals surface area contributed by atoms with Crippen LogP contribution in [0.2, 0.25) is 0 Å². The molecular weight excluding hydrogens is 441 g/mol. The van der Waals surface area contributed by atoms with E-state index in [1.54, 1.807) is 11.6 Å². The van der Waals surface area contributed by atoms with E-state index < -0.39 is 17.8 Å². The zero-order chi connectivity index (χ0) is 21.0. The van der Waals surface area contributed by atoms with Crippen LogP contribution in [0.5, 0.6) is 0 Å². The van der Waals surface area contributed by atoms with E-state index in [0.29, 0.717) is 16.8 Å². The minimum Gasteiger partial charge on any atom is -0.469 e. The number of nitrogens with one attached hydrogen (secondary N) is 1. The van der Waals surface area contributed by atoms with E-state index in [2.05, 4.69) is 26.3 Å². The number of nitrogens with zero attached hydrogens (tertiary/aromatic N) is 2. The first-order chi connectivity index (χ1) is 13.9. The quantitative estimate of drug-likeness (QED) is 0.562. The Hall–Kier alpha value is -3.00. The van der Waals surface area contributed by atoms with Gasteiger partial charge in [-0.2, -0.15) is 5.10 Å². The van der Waals surface area contributed by atoms with Gasteiger partial charge in [-0.1, -0.05) is 28.1 Å². The SMILES string of the molecule is COC(=O)CC(NC(=O)c1cnn(-c2ccc(Br)cc2)c1C)c1ccc(F)cc1. The molecule has 0 aliphatic rings. The van der Waals surface area contributed by atoms with Crippen LogP contribution in [0.1, 0.15) is 34.1 Å². The number of hydrogen-bond donors (Lipinski definition) is 1. The van der Waals surface area contributed by atoms with E-state index in [1.807, 2.05) is 24.3 Å². The molecule has 0 radical (unpaired) electrons. The van der Waals surface area contributed by atoms with Crippen molar-refractivity contribution < 1.29 is 18.7 Å². The van der Waals surface area contributed by atoms with Crippen molar-refractivity contribution in [3.05, 3.63) is 81.8 Å². The zero-order valence-electron chi connectivity index (χ0n) is 15.9. The van der Waals surface area contributed by atoms with Crippen LogP contribution in [-0.4, -0.2) is 28.8 Å². The fourth-order valence-corrected chi connectivity index (χ4v) is 3.17. The van der Waals surface area contributed by atoms with Gasteiger partial charge in [0.25, 0.3) is 5.91 Å². The molecule has 1 unspecified atom stereocenters. The maximum Gasteiger partial charge on any atom is 0.307 e. The van der Waals surface area contributed by atoms with Gasteiger partial charge in [-0.3, -0.25) is 9.59 Å². The molecule has 8 heteroatoms. The summed E-state index contributed by atoms with van der Waals surface area (Å²) in [4.78, 5) is 24.7. The molecule has 0 fully saturated rings. The summed E-state index contributed by atoms with van der Waals surface area (Å²) in [7, 11) is 1.28. The molecule has 1 atom stereocenters. The molecule has 1 amide bonds. The molecule has 1 N–H and O–H groups in total. The Labute approximate surface area is 175 Å². The van der Waals surface area contributed by atoms with Gasteiger partial charge in [0.2, 0.25) is 0 Å². The summed E-state index contributed by atoms with van der Waals surface area (Å²) >= 11 is 3.39. The second-order valence-corrected chi connectivity index (χ2v) is 7.31. The fraction of sp³-hybridized carbons (Fsp3) is 0.190. The van der Waals surface area contributed by atoms with Gasteiger partial charge in [-0.15, -0.1) is 0 Å². The third kappa shape index (κ3) is 4.89. The molecule has 0 spiro atoms. The lowest BCUT2D eigenvalue weighted by atomic mass is 10.0. The van der Waals surface area contributed by atoms with E-state index in [1.165, 1.54) is 37.6 Å². The van der Waals surface area contributed by atoms with Crippen LogP contribution in [0.4, 0.5) is 4.39 Å². The van der Waals surface area contributed by atoms with Crippen molar-refractivity contribution in [3.63, 3.8) is 0 Å². The van der Waals surface area contributed by atoms with E-state index in [0.717, 1.165) is 10.2 Å². The highest BCUT2D eigenvalue weighted by molar-refractivity contribution is 9.10. The van der Waals surface area contributed by atoms with Crippen LogP contribution in [0, 0.1) is 12.7 Å². The molecule has 2 aromatic carbocycles. The number of hydrogen-bond acceptors (Lipinski definition) is 4. The predicted molar refractivity (Wildman–Crippen MR) is 109 cm³/mol. The smallest absolute Gasteiger partial charge is 0.307 e. The van der Waals surface area contributed by atoms with Crippen molar-refractivity contribution in [1.82, 2.24) is 15.1 Å². The van der Waals surface area contributed by atoms with Gasteiger partial charge in [-0.05, 0) is 48.9 Å². The molecule has 0 saturated heterocycles. The Kier molecular flexibility index (Phi) is 6.43. The third-order valence-electron chi connectivity index (χ3n) is 4.50. The molecular formula is C21H19BrFN3O3. The van der Waals surface area contributed by atoms with Gasteiger partial charge in [0.15, 0.2) is 0 Å². The summed E-state index contributed by atoms with van der Waals surface area (Å²) in [6, 6.07) is 12.5. The number of aromatic nitrogens is 2. The highest BCUT2D eigenvalue weighted by Gasteiger charge is 2.22. The van der Waals surface area contributed by atoms with Crippen molar-refractivity contribution in [2.45, 2.75) is 19.4 Å². The summed E-state index contributed by atoms with van der Waals surface area (Å²) in [5.74, 6) is -1.27. The largest absolute Gasteiger partial charge is 0.469 e. The number of carbonyl (C=O) groups excluding carboxylic acids is 2. The minimum atomic E-state index is -0.661. The van der Waals surface area contributed by atoms with Gasteiger partial charge in [0, 0.05) is 4.47 Å². The first-order valence-corrected chi connectivity index (χ1v) is 9.62. The van der Waals surface area contributed by atoms with E-state index >= 15 is 0 Å². The lowest BCUT2D eigenvalue weighted by Crippen LogP contribution is -2.30. The number of carbonyl (C=O) groups is 2. The highest BCUT2D eigenvalue weighted by atomic mass is 79.9. The summed E-state index contributed by atoms with van der Waals surface area (Å²) < 4.78 is 20.6. The summed E-state index contributed by atoms with van der Waals surface area (Å²) in [6.07, 6.45) is 1.40. The Bertz CT molecular complexity index is 1020. The number of methoxy groups -OCH3 is 1. The monoisotopic (exact) mass is 459 g/mol. The van der Waals surface area contributed by atoms with Gasteiger partial charge in [0.1, 0.15) is 5.82 Å². The number of amides is 1. The first-order valence-electron chi connectivity index (χ1n) is 8.82. The Morgan fingerprint density at radius 2 is 1.83 bits per heavy atom. The summed E-state index contributed by atoms with van der Waals surface area (Å²) in [5, 5.41) is 7.13. The maximum atomic E-state index is 13.3. The maximum absolute atomic E-state index is 13.3. The van der Waals surface area contributed by atoms with Gasteiger partial charge in [-0.25, -0.2) is 9.07 Å². The summed E-state index contributed by atoms with van der Waals surface area (Å²) in [6.45, 7) is 1.79. The van der Waals surface area contributed by atoms with E-state index in [4.69, 9.17) is 4.74 Å². The number of ether oxygens (including phenoxy) is 1. The molecule has 3 rings (SSSR count). The molecule has 1 heterocycles. The van der Waals surface area contributed by atoms with Crippen molar-refractivity contribution in [2.24, 2.45) is 0 Å². The number of halogens is 2. The molecule has 6 nitrogen and oxygen atoms in total. The molecule has 0 saturated carbocycles. The molecule has 3 aromatic rings. The van der Waals surface area contributed by atoms with Crippen molar-refractivity contribution >= 4 is 27.8 Å². The van der Waals surface area contributed by atoms with E-state index in [-0.39, 0.29) is 12.3 Å². The molecule has 1 aromatic heterocycles. The second-order valence-electron chi connectivity index (χ2n) is 6.39. The van der Waals surface area contributed by atoms with Gasteiger partial charge in [0.05, 0.1) is 42.7 Å². The lowest BCUT2D eigenvalue weighted by Gasteiger charge is -2.18. The predicted octanol–water partition coefficient (Wildman–Crippen LogP) is 4.12. The van der Waals surface area contributed by atoms with Crippen LogP contribution < -0.4 is 5.32 Å². The highest BCUT2D eigenvalue weighted by Crippen LogP contribution is 2.21. The minimum absolute atomic E-state index is 0.0756. The summed E-state index contributed by atoms with van der Waals surface area (Å²) in [5.41, 5.74) is 2.45. The van der Waals surface area contributed by atoms with Crippen molar-refractivity contribution in [3.8, 4) is 5.69 Å². The topological polar surface area (TPSA) is 73.2 Å². The first kappa shape index (κ1) is 20.7. The Morgan fingerprint density at radius 1 is 1.17 bits per heavy atom. The van der Waals surface area contributed by atoms with Crippen LogP contribution >= 0.6 is 15.9 Å². The molecule has 0 aliphatic heterocycles. The second kappa shape index (κ2) is 9.00. The van der Waals surface area contributed by atoms with Crippen molar-refractivity contribution in [2.75, 3.05) is 7.11 Å². The fourth-order valence-electron chi connectivity index (χ4n) is 2.91. The lowest BCUT2D eigenvalue weighted by molar-refractivity contribution is -0.141. The van der Waals surface area contributed by atoms with Crippen LogP contribution in [0.3, 0.4) is 0 Å². The van der Waals surface area contributed by atoms with Crippen LogP contribution in [0.25, 0.3) is 5.69 Å². The Morgan fingerprint density at radius 3 is 2.45 bits per heavy atom. The van der Waals surface area contributed by atoms with Crippen molar-refractivity contribution in [1.29, 1.82) is 0 Å². The molecule has 29 heavy (non-hydrogen) atoms. The van der Waals surface area contributed by atoms with Crippen LogP contribution in [0.15, 0.2) is 59.2 Å². The van der Waals surface area contributed by atoms with Crippen LogP contribution in [-0.2, 0) is 9.53 Å². The third-order valence-corrected chi connectivity index (χ3v) is 5.03. The zero-order valence-corrected chi connectivity index (χ0v) is 17.4. The average Bonchev–Trinajstić information content (AvgIpc) is 3.10. The van der Waals surface area contributed by atoms with E-state index in [9.17, 15) is 14.0 Å². The number of esters is 1. The van der Waals surface area contributed by atoms with Gasteiger partial charge < -0.3 is 10.1 Å². The normalized spacial score (nSPS) is 11.7. The van der Waals surface area contributed by atoms with Gasteiger partial charge >= 0.3 is 5.97 Å². The Balaban J connectivity index is 1.85. The molecule has 0 bridgehead atoms.